The monoisotopic (exact) mass is 248 g/mol. The van der Waals surface area contributed by atoms with Gasteiger partial charge in [-0.05, 0) is 25.7 Å². The predicted octanol–water partition coefficient (Wildman–Crippen LogP) is 2.59. The highest BCUT2D eigenvalue weighted by Gasteiger charge is 2.32. The Hall–Kier alpha value is -1.32. The summed E-state index contributed by atoms with van der Waals surface area (Å²) in [4.78, 5) is 16.4. The third-order valence-corrected chi connectivity index (χ3v) is 4.35. The zero-order valence-corrected chi connectivity index (χ0v) is 10.9. The Morgan fingerprint density at radius 3 is 2.83 bits per heavy atom. The molecule has 4 nitrogen and oxygen atoms in total. The SMILES string of the molecule is COC(=O)C1CCCn2c1cnc2C1CCCC1. The summed E-state index contributed by atoms with van der Waals surface area (Å²) in [5, 5.41) is 0. The molecule has 98 valence electrons. The highest BCUT2D eigenvalue weighted by molar-refractivity contribution is 5.77. The minimum atomic E-state index is -0.117. The molecular weight excluding hydrogens is 228 g/mol. The number of nitrogens with zero attached hydrogens (tertiary/aromatic N) is 2. The number of methoxy groups -OCH3 is 1. The van der Waals surface area contributed by atoms with Crippen molar-refractivity contribution >= 4 is 5.97 Å². The van der Waals surface area contributed by atoms with E-state index in [0.717, 1.165) is 25.1 Å². The van der Waals surface area contributed by atoms with Crippen molar-refractivity contribution in [1.82, 2.24) is 9.55 Å². The van der Waals surface area contributed by atoms with Crippen LogP contribution in [0.2, 0.25) is 0 Å². The van der Waals surface area contributed by atoms with Crippen molar-refractivity contribution in [3.05, 3.63) is 17.7 Å². The lowest BCUT2D eigenvalue weighted by molar-refractivity contribution is -0.143. The van der Waals surface area contributed by atoms with Gasteiger partial charge in [-0.3, -0.25) is 4.79 Å². The van der Waals surface area contributed by atoms with Crippen molar-refractivity contribution in [2.24, 2.45) is 0 Å². The average Bonchev–Trinajstić information content (AvgIpc) is 3.05. The van der Waals surface area contributed by atoms with Gasteiger partial charge in [0.1, 0.15) is 5.82 Å². The Morgan fingerprint density at radius 2 is 2.11 bits per heavy atom. The molecule has 1 atom stereocenters. The van der Waals surface area contributed by atoms with Crippen molar-refractivity contribution < 1.29 is 9.53 Å². The molecule has 1 aromatic rings. The van der Waals surface area contributed by atoms with Crippen LogP contribution >= 0.6 is 0 Å². The van der Waals surface area contributed by atoms with E-state index in [0.29, 0.717) is 5.92 Å². The van der Waals surface area contributed by atoms with Gasteiger partial charge in [0.15, 0.2) is 0 Å². The summed E-state index contributed by atoms with van der Waals surface area (Å²) in [5.41, 5.74) is 1.06. The maximum Gasteiger partial charge on any atom is 0.314 e. The van der Waals surface area contributed by atoms with E-state index >= 15 is 0 Å². The third-order valence-electron chi connectivity index (χ3n) is 4.35. The number of aromatic nitrogens is 2. The smallest absolute Gasteiger partial charge is 0.314 e. The van der Waals surface area contributed by atoms with E-state index in [1.807, 2.05) is 6.20 Å². The Bertz CT molecular complexity index is 447. The van der Waals surface area contributed by atoms with Crippen molar-refractivity contribution in [3.63, 3.8) is 0 Å². The lowest BCUT2D eigenvalue weighted by atomic mass is 9.96. The Labute approximate surface area is 107 Å². The molecule has 1 fully saturated rings. The zero-order chi connectivity index (χ0) is 12.5. The van der Waals surface area contributed by atoms with E-state index in [4.69, 9.17) is 4.74 Å². The standard InChI is InChI=1S/C14H20N2O2/c1-18-14(17)11-7-4-8-16-12(11)9-15-13(16)10-5-2-3-6-10/h9-11H,2-8H2,1H3. The van der Waals surface area contributed by atoms with Gasteiger partial charge in [0, 0.05) is 18.7 Å². The van der Waals surface area contributed by atoms with Gasteiger partial charge in [-0.15, -0.1) is 0 Å². The molecule has 1 unspecified atom stereocenters. The quantitative estimate of drug-likeness (QED) is 0.756. The second-order valence-electron chi connectivity index (χ2n) is 5.39. The van der Waals surface area contributed by atoms with Gasteiger partial charge >= 0.3 is 5.97 Å². The van der Waals surface area contributed by atoms with Crippen LogP contribution in [0.15, 0.2) is 6.20 Å². The lowest BCUT2D eigenvalue weighted by Gasteiger charge is -2.24. The van der Waals surface area contributed by atoms with Gasteiger partial charge in [-0.25, -0.2) is 4.98 Å². The largest absolute Gasteiger partial charge is 0.469 e. The van der Waals surface area contributed by atoms with Crippen LogP contribution in [-0.4, -0.2) is 22.6 Å². The summed E-state index contributed by atoms with van der Waals surface area (Å²) in [7, 11) is 1.47. The molecule has 0 bridgehead atoms. The first-order valence-corrected chi connectivity index (χ1v) is 6.94. The fourth-order valence-corrected chi connectivity index (χ4v) is 3.42. The highest BCUT2D eigenvalue weighted by atomic mass is 16.5. The van der Waals surface area contributed by atoms with E-state index in [2.05, 4.69) is 9.55 Å². The van der Waals surface area contributed by atoms with Crippen LogP contribution in [0.4, 0.5) is 0 Å². The molecule has 0 amide bonds. The Kier molecular flexibility index (Phi) is 3.10. The third kappa shape index (κ3) is 1.84. The van der Waals surface area contributed by atoms with E-state index in [9.17, 15) is 4.79 Å². The number of esters is 1. The lowest BCUT2D eigenvalue weighted by Crippen LogP contribution is -2.24. The second kappa shape index (κ2) is 4.75. The minimum absolute atomic E-state index is 0.105. The normalized spacial score (nSPS) is 23.9. The molecule has 0 aromatic carbocycles. The van der Waals surface area contributed by atoms with Gasteiger partial charge in [0.2, 0.25) is 0 Å². The van der Waals surface area contributed by atoms with Gasteiger partial charge in [0.05, 0.1) is 18.7 Å². The fraction of sp³-hybridized carbons (Fsp3) is 0.714. The minimum Gasteiger partial charge on any atom is -0.469 e. The van der Waals surface area contributed by atoms with Crippen LogP contribution in [0.3, 0.4) is 0 Å². The number of ether oxygens (including phenoxy) is 1. The molecule has 1 saturated carbocycles. The average molecular weight is 248 g/mol. The van der Waals surface area contributed by atoms with Crippen LogP contribution in [-0.2, 0) is 16.1 Å². The summed E-state index contributed by atoms with van der Waals surface area (Å²) in [6, 6.07) is 0. The highest BCUT2D eigenvalue weighted by Crippen LogP contribution is 2.37. The number of rotatable bonds is 2. The van der Waals surface area contributed by atoms with Crippen LogP contribution in [0.1, 0.15) is 61.9 Å². The number of hydrogen-bond acceptors (Lipinski definition) is 3. The Morgan fingerprint density at radius 1 is 1.33 bits per heavy atom. The van der Waals surface area contributed by atoms with Gasteiger partial charge in [-0.2, -0.15) is 0 Å². The first-order chi connectivity index (χ1) is 8.81. The van der Waals surface area contributed by atoms with Gasteiger partial charge in [-0.1, -0.05) is 12.8 Å². The molecule has 0 N–H and O–H groups in total. The molecular formula is C14H20N2O2. The topological polar surface area (TPSA) is 44.1 Å². The first-order valence-electron chi connectivity index (χ1n) is 6.94. The van der Waals surface area contributed by atoms with Crippen molar-refractivity contribution in [2.75, 3.05) is 7.11 Å². The summed E-state index contributed by atoms with van der Waals surface area (Å²) >= 11 is 0. The first kappa shape index (κ1) is 11.8. The molecule has 4 heteroatoms. The summed E-state index contributed by atoms with van der Waals surface area (Å²) < 4.78 is 7.18. The van der Waals surface area contributed by atoms with E-state index < -0.39 is 0 Å². The number of hydrogen-bond donors (Lipinski definition) is 0. The number of fused-ring (bicyclic) bond motifs is 1. The number of carbonyl (C=O) groups is 1. The van der Waals surface area contributed by atoms with Crippen LogP contribution < -0.4 is 0 Å². The van der Waals surface area contributed by atoms with Crippen molar-refractivity contribution in [2.45, 2.75) is 56.9 Å². The summed E-state index contributed by atoms with van der Waals surface area (Å²) in [6.45, 7) is 1.01. The zero-order valence-electron chi connectivity index (χ0n) is 10.9. The molecule has 3 rings (SSSR count). The van der Waals surface area contributed by atoms with E-state index in [1.165, 1.54) is 38.6 Å². The van der Waals surface area contributed by atoms with Crippen molar-refractivity contribution in [3.8, 4) is 0 Å². The summed E-state index contributed by atoms with van der Waals surface area (Å²) in [6.07, 6.45) is 8.96. The Balaban J connectivity index is 1.92. The van der Waals surface area contributed by atoms with Gasteiger partial charge in [0.25, 0.3) is 0 Å². The van der Waals surface area contributed by atoms with E-state index in [-0.39, 0.29) is 11.9 Å². The number of carbonyl (C=O) groups excluding carboxylic acids is 1. The van der Waals surface area contributed by atoms with Crippen LogP contribution in [0.25, 0.3) is 0 Å². The van der Waals surface area contributed by atoms with Crippen LogP contribution in [0.5, 0.6) is 0 Å². The summed E-state index contributed by atoms with van der Waals surface area (Å²) in [5.74, 6) is 1.59. The maximum absolute atomic E-state index is 11.8. The van der Waals surface area contributed by atoms with Gasteiger partial charge < -0.3 is 9.30 Å². The molecule has 18 heavy (non-hydrogen) atoms. The fourth-order valence-electron chi connectivity index (χ4n) is 3.42. The number of imidazole rings is 1. The van der Waals surface area contributed by atoms with E-state index in [1.54, 1.807) is 0 Å². The molecule has 2 heterocycles. The molecule has 0 saturated heterocycles. The maximum atomic E-state index is 11.8. The second-order valence-corrected chi connectivity index (χ2v) is 5.39. The molecule has 1 aromatic heterocycles. The van der Waals surface area contributed by atoms with Crippen LogP contribution in [0, 0.1) is 0 Å². The molecule has 1 aliphatic heterocycles. The predicted molar refractivity (Wildman–Crippen MR) is 67.4 cm³/mol. The van der Waals surface area contributed by atoms with Crippen molar-refractivity contribution in [1.29, 1.82) is 0 Å². The molecule has 0 spiro atoms. The molecule has 2 aliphatic rings. The molecule has 0 radical (unpaired) electrons. The molecule has 1 aliphatic carbocycles.